The van der Waals surface area contributed by atoms with Crippen molar-refractivity contribution in [2.24, 2.45) is 5.41 Å². The fourth-order valence-electron chi connectivity index (χ4n) is 5.43. The van der Waals surface area contributed by atoms with Crippen LogP contribution in [0.3, 0.4) is 0 Å². The van der Waals surface area contributed by atoms with Gasteiger partial charge in [0.05, 0.1) is 0 Å². The number of aromatic nitrogens is 1. The molecule has 0 radical (unpaired) electrons. The third-order valence-corrected chi connectivity index (χ3v) is 7.57. The van der Waals surface area contributed by atoms with Crippen LogP contribution in [-0.2, 0) is 13.1 Å². The van der Waals surface area contributed by atoms with Gasteiger partial charge >= 0.3 is 6.03 Å². The number of carbonyl (C=O) groups is 1. The lowest BCUT2D eigenvalue weighted by Crippen LogP contribution is -2.62. The molecule has 34 heavy (non-hydrogen) atoms. The molecule has 2 saturated heterocycles. The Morgan fingerprint density at radius 3 is 2.56 bits per heavy atom. The monoisotopic (exact) mass is 478 g/mol. The molecule has 0 bridgehead atoms. The number of hydrogen-bond donors (Lipinski definition) is 1. The highest BCUT2D eigenvalue weighted by Gasteiger charge is 2.54. The molecule has 176 valence electrons. The Labute approximate surface area is 204 Å². The maximum atomic E-state index is 13.1. The Kier molecular flexibility index (Phi) is 6.53. The first-order valence-corrected chi connectivity index (χ1v) is 12.1. The average Bonchev–Trinajstić information content (AvgIpc) is 2.85. The minimum atomic E-state index is -0.274. The first-order valence-electron chi connectivity index (χ1n) is 11.7. The van der Waals surface area contributed by atoms with E-state index in [1.54, 1.807) is 18.3 Å². The Balaban J connectivity index is 1.24. The summed E-state index contributed by atoms with van der Waals surface area (Å²) in [6, 6.07) is 18.6. The van der Waals surface area contributed by atoms with Crippen molar-refractivity contribution in [3.8, 4) is 0 Å². The van der Waals surface area contributed by atoms with Crippen molar-refractivity contribution in [1.29, 1.82) is 0 Å². The lowest BCUT2D eigenvalue weighted by atomic mass is 9.63. The summed E-state index contributed by atoms with van der Waals surface area (Å²) in [6.45, 7) is 3.59. The molecule has 5 nitrogen and oxygen atoms in total. The van der Waals surface area contributed by atoms with Crippen molar-refractivity contribution in [1.82, 2.24) is 20.1 Å². The van der Waals surface area contributed by atoms with Gasteiger partial charge in [-0.05, 0) is 53.8 Å². The van der Waals surface area contributed by atoms with Crippen LogP contribution in [0.1, 0.15) is 35.6 Å². The second-order valence-electron chi connectivity index (χ2n) is 9.32. The van der Waals surface area contributed by atoms with E-state index in [0.29, 0.717) is 19.6 Å². The van der Waals surface area contributed by atoms with E-state index >= 15 is 0 Å². The van der Waals surface area contributed by atoms with Gasteiger partial charge in [-0.25, -0.2) is 9.18 Å². The zero-order valence-corrected chi connectivity index (χ0v) is 19.7. The number of likely N-dealkylation sites (tertiary alicyclic amines) is 2. The van der Waals surface area contributed by atoms with Gasteiger partial charge < -0.3 is 10.2 Å². The smallest absolute Gasteiger partial charge is 0.317 e. The van der Waals surface area contributed by atoms with Crippen LogP contribution in [0, 0.1) is 11.2 Å². The Morgan fingerprint density at radius 2 is 1.85 bits per heavy atom. The molecule has 0 aliphatic carbocycles. The van der Waals surface area contributed by atoms with Crippen molar-refractivity contribution in [2.75, 3.05) is 19.6 Å². The van der Waals surface area contributed by atoms with Gasteiger partial charge in [0.15, 0.2) is 0 Å². The molecule has 0 saturated carbocycles. The molecule has 1 N–H and O–H groups in total. The fourth-order valence-corrected chi connectivity index (χ4v) is 5.63. The molecule has 3 heterocycles. The Bertz CT molecular complexity index is 1130. The second-order valence-corrected chi connectivity index (χ2v) is 9.73. The number of amides is 2. The van der Waals surface area contributed by atoms with Crippen LogP contribution in [0.2, 0.25) is 5.02 Å². The molecule has 2 aromatic carbocycles. The van der Waals surface area contributed by atoms with Gasteiger partial charge in [0.2, 0.25) is 0 Å². The summed E-state index contributed by atoms with van der Waals surface area (Å²) >= 11 is 6.45. The summed E-state index contributed by atoms with van der Waals surface area (Å²) in [6.07, 6.45) is 5.65. The van der Waals surface area contributed by atoms with E-state index in [1.807, 2.05) is 35.4 Å². The van der Waals surface area contributed by atoms with Crippen molar-refractivity contribution in [3.63, 3.8) is 0 Å². The van der Waals surface area contributed by atoms with Crippen LogP contribution in [0.5, 0.6) is 0 Å². The van der Waals surface area contributed by atoms with Gasteiger partial charge in [-0.1, -0.05) is 48.0 Å². The molecule has 3 aromatic rings. The average molecular weight is 479 g/mol. The number of pyridine rings is 1. The summed E-state index contributed by atoms with van der Waals surface area (Å²) in [5.74, 6) is -0.274. The molecule has 5 rings (SSSR count). The molecule has 2 amide bonds. The molecular weight excluding hydrogens is 451 g/mol. The fraction of sp³-hybridized carbons (Fsp3) is 0.333. The number of nitrogens with one attached hydrogen (secondary N) is 1. The summed E-state index contributed by atoms with van der Waals surface area (Å²) in [5, 5.41) is 3.76. The Hall–Kier alpha value is -2.96. The zero-order chi connectivity index (χ0) is 23.5. The Morgan fingerprint density at radius 1 is 1.09 bits per heavy atom. The number of nitrogens with zero attached hydrogens (tertiary/aromatic N) is 3. The number of hydrogen-bond acceptors (Lipinski definition) is 3. The van der Waals surface area contributed by atoms with Gasteiger partial charge in [-0.2, -0.15) is 0 Å². The van der Waals surface area contributed by atoms with E-state index in [-0.39, 0.29) is 23.3 Å². The van der Waals surface area contributed by atoms with Gasteiger partial charge in [0, 0.05) is 61.6 Å². The van der Waals surface area contributed by atoms with E-state index in [4.69, 9.17) is 11.6 Å². The van der Waals surface area contributed by atoms with Gasteiger partial charge in [0.1, 0.15) is 5.82 Å². The molecule has 2 aliphatic rings. The highest BCUT2D eigenvalue weighted by atomic mass is 35.5. The third kappa shape index (κ3) is 4.65. The summed E-state index contributed by atoms with van der Waals surface area (Å²) in [7, 11) is 0. The number of halogens is 2. The quantitative estimate of drug-likeness (QED) is 0.532. The standard InChI is InChI=1S/C27H28ClFN4O/c28-24-6-2-1-4-22(24)18-33-19-27(25(33)21-5-3-13-30-17-21)11-14-32(15-12-27)26(34)31-16-20-7-9-23(29)10-8-20/h1-10,13,17,25H,11-12,14-16,18-19H2,(H,31,34). The normalized spacial score (nSPS) is 19.6. The van der Waals surface area contributed by atoms with Crippen LogP contribution in [-0.4, -0.2) is 40.4 Å². The van der Waals surface area contributed by atoms with Crippen LogP contribution in [0.4, 0.5) is 9.18 Å². The number of carbonyl (C=O) groups excluding carboxylic acids is 1. The molecule has 2 fully saturated rings. The second kappa shape index (κ2) is 9.72. The molecular formula is C27H28ClFN4O. The zero-order valence-electron chi connectivity index (χ0n) is 19.0. The third-order valence-electron chi connectivity index (χ3n) is 7.20. The van der Waals surface area contributed by atoms with Crippen LogP contribution in [0.25, 0.3) is 0 Å². The first kappa shape index (κ1) is 22.8. The highest BCUT2D eigenvalue weighted by molar-refractivity contribution is 6.31. The maximum Gasteiger partial charge on any atom is 0.317 e. The summed E-state index contributed by atoms with van der Waals surface area (Å²) in [4.78, 5) is 21.5. The first-order chi connectivity index (χ1) is 16.5. The topological polar surface area (TPSA) is 48.5 Å². The molecule has 7 heteroatoms. The van der Waals surface area contributed by atoms with Crippen LogP contribution < -0.4 is 5.32 Å². The summed E-state index contributed by atoms with van der Waals surface area (Å²) in [5.41, 5.74) is 3.35. The molecule has 1 atom stereocenters. The van der Waals surface area contributed by atoms with E-state index < -0.39 is 0 Å². The van der Waals surface area contributed by atoms with E-state index in [0.717, 1.165) is 42.1 Å². The van der Waals surface area contributed by atoms with E-state index in [2.05, 4.69) is 27.3 Å². The lowest BCUT2D eigenvalue weighted by molar-refractivity contribution is -0.113. The largest absolute Gasteiger partial charge is 0.334 e. The molecule has 1 spiro atoms. The number of piperidine rings is 1. The van der Waals surface area contributed by atoms with Crippen molar-refractivity contribution < 1.29 is 9.18 Å². The van der Waals surface area contributed by atoms with Gasteiger partial charge in [0.25, 0.3) is 0 Å². The van der Waals surface area contributed by atoms with Crippen molar-refractivity contribution in [3.05, 3.63) is 101 Å². The van der Waals surface area contributed by atoms with Crippen LogP contribution >= 0.6 is 11.6 Å². The minimum Gasteiger partial charge on any atom is -0.334 e. The predicted octanol–water partition coefficient (Wildman–Crippen LogP) is 5.42. The summed E-state index contributed by atoms with van der Waals surface area (Å²) < 4.78 is 13.1. The van der Waals surface area contributed by atoms with E-state index in [9.17, 15) is 9.18 Å². The number of rotatable bonds is 5. The van der Waals surface area contributed by atoms with Gasteiger partial charge in [-0.15, -0.1) is 0 Å². The molecule has 1 unspecified atom stereocenters. The van der Waals surface area contributed by atoms with Gasteiger partial charge in [-0.3, -0.25) is 9.88 Å². The van der Waals surface area contributed by atoms with Crippen LogP contribution in [0.15, 0.2) is 73.1 Å². The van der Waals surface area contributed by atoms with E-state index in [1.165, 1.54) is 17.7 Å². The molecule has 2 aliphatic heterocycles. The van der Waals surface area contributed by atoms with Crippen molar-refractivity contribution >= 4 is 17.6 Å². The maximum absolute atomic E-state index is 13.1. The molecule has 1 aromatic heterocycles. The number of urea groups is 1. The minimum absolute atomic E-state index is 0.0654. The highest BCUT2D eigenvalue weighted by Crippen LogP contribution is 2.55. The lowest BCUT2D eigenvalue weighted by Gasteiger charge is -2.60. The number of benzene rings is 2. The van der Waals surface area contributed by atoms with Crippen molar-refractivity contribution in [2.45, 2.75) is 32.0 Å². The SMILES string of the molecule is O=C(NCc1ccc(F)cc1)N1CCC2(CC1)CN(Cc1ccccc1Cl)C2c1cccnc1. The predicted molar refractivity (Wildman–Crippen MR) is 131 cm³/mol.